The quantitative estimate of drug-likeness (QED) is 0.715. The molecule has 3 aromatic heterocycles. The number of H-pyrrole nitrogens is 1. The molecule has 3 heterocycles. The third-order valence-corrected chi connectivity index (χ3v) is 4.89. The predicted octanol–water partition coefficient (Wildman–Crippen LogP) is 2.77. The monoisotopic (exact) mass is 346 g/mol. The molecule has 3 rings (SSSR count). The number of nitrogens with zero attached hydrogens (tertiary/aromatic N) is 2. The van der Waals surface area contributed by atoms with Crippen LogP contribution in [0.1, 0.15) is 27.7 Å². The molecule has 118 valence electrons. The first-order valence-electron chi connectivity index (χ1n) is 7.01. The summed E-state index contributed by atoms with van der Waals surface area (Å²) < 4.78 is 1.24. The van der Waals surface area contributed by atoms with Crippen LogP contribution in [0.4, 0.5) is 0 Å². The van der Waals surface area contributed by atoms with E-state index in [2.05, 4.69) is 15.4 Å². The topological polar surface area (TPSA) is 79.8 Å². The van der Waals surface area contributed by atoms with Crippen LogP contribution in [0.25, 0.3) is 10.2 Å². The summed E-state index contributed by atoms with van der Waals surface area (Å²) in [4.78, 5) is 33.7. The maximum Gasteiger partial charge on any atom is 0.282 e. The minimum absolute atomic E-state index is 0.156. The van der Waals surface area contributed by atoms with Gasteiger partial charge in [-0.2, -0.15) is 4.68 Å². The van der Waals surface area contributed by atoms with Crippen LogP contribution in [0.2, 0.25) is 0 Å². The maximum absolute atomic E-state index is 12.8. The summed E-state index contributed by atoms with van der Waals surface area (Å²) in [6.45, 7) is 3.96. The van der Waals surface area contributed by atoms with E-state index in [0.717, 1.165) is 26.4 Å². The molecule has 2 N–H and O–H groups in total. The summed E-state index contributed by atoms with van der Waals surface area (Å²) >= 11 is 6.71. The van der Waals surface area contributed by atoms with Gasteiger partial charge in [-0.1, -0.05) is 6.92 Å². The Morgan fingerprint density at radius 2 is 2.30 bits per heavy atom. The van der Waals surface area contributed by atoms with Crippen molar-refractivity contribution in [1.82, 2.24) is 14.6 Å². The van der Waals surface area contributed by atoms with E-state index in [4.69, 9.17) is 12.2 Å². The Bertz CT molecular complexity index is 1000. The number of aromatic nitrogens is 3. The van der Waals surface area contributed by atoms with Gasteiger partial charge in [-0.3, -0.25) is 20.0 Å². The Kier molecular flexibility index (Phi) is 4.10. The normalized spacial score (nSPS) is 10.9. The van der Waals surface area contributed by atoms with Crippen molar-refractivity contribution >= 4 is 39.7 Å². The number of fused-ring (bicyclic) bond motifs is 1. The Balaban J connectivity index is 2.13. The second kappa shape index (κ2) is 6.05. The zero-order valence-corrected chi connectivity index (χ0v) is 14.2. The predicted molar refractivity (Wildman–Crippen MR) is 93.3 cm³/mol. The van der Waals surface area contributed by atoms with Crippen LogP contribution in [0.5, 0.6) is 0 Å². The molecule has 0 saturated heterocycles. The highest BCUT2D eigenvalue weighted by Crippen LogP contribution is 2.27. The van der Waals surface area contributed by atoms with E-state index < -0.39 is 5.91 Å². The highest BCUT2D eigenvalue weighted by molar-refractivity contribution is 7.71. The minimum atomic E-state index is -0.441. The molecule has 0 aliphatic rings. The van der Waals surface area contributed by atoms with Crippen molar-refractivity contribution in [2.24, 2.45) is 0 Å². The molecule has 0 spiro atoms. The summed E-state index contributed by atoms with van der Waals surface area (Å²) in [5, 5.41) is 0.579. The zero-order valence-electron chi connectivity index (χ0n) is 12.5. The molecule has 3 aromatic rings. The summed E-state index contributed by atoms with van der Waals surface area (Å²) in [7, 11) is 0. The average Bonchev–Trinajstić information content (AvgIpc) is 2.87. The second-order valence-corrected chi connectivity index (χ2v) is 6.56. The molecular formula is C15H14N4O2S2. The van der Waals surface area contributed by atoms with Crippen molar-refractivity contribution in [3.05, 3.63) is 55.7 Å². The van der Waals surface area contributed by atoms with Crippen molar-refractivity contribution < 1.29 is 4.79 Å². The van der Waals surface area contributed by atoms with Gasteiger partial charge in [0, 0.05) is 17.3 Å². The van der Waals surface area contributed by atoms with E-state index in [1.807, 2.05) is 13.8 Å². The van der Waals surface area contributed by atoms with Crippen molar-refractivity contribution in [2.75, 3.05) is 5.43 Å². The van der Waals surface area contributed by atoms with Gasteiger partial charge in [-0.15, -0.1) is 11.3 Å². The lowest BCUT2D eigenvalue weighted by atomic mass is 10.1. The third-order valence-electron chi connectivity index (χ3n) is 3.54. The van der Waals surface area contributed by atoms with Gasteiger partial charge >= 0.3 is 0 Å². The number of carbonyl (C=O) groups excluding carboxylic acids is 1. The van der Waals surface area contributed by atoms with Crippen molar-refractivity contribution in [1.29, 1.82) is 0 Å². The van der Waals surface area contributed by atoms with Crippen molar-refractivity contribution in [3.8, 4) is 0 Å². The number of hydrogen-bond donors (Lipinski definition) is 2. The Labute approximate surface area is 140 Å². The van der Waals surface area contributed by atoms with Gasteiger partial charge in [0.15, 0.2) is 0 Å². The van der Waals surface area contributed by atoms with E-state index in [9.17, 15) is 9.59 Å². The first-order chi connectivity index (χ1) is 11.0. The fraction of sp³-hybridized carbons (Fsp3) is 0.200. The lowest BCUT2D eigenvalue weighted by Crippen LogP contribution is -2.34. The fourth-order valence-corrected chi connectivity index (χ4v) is 3.87. The fourth-order valence-electron chi connectivity index (χ4n) is 2.44. The van der Waals surface area contributed by atoms with Crippen LogP contribution >= 0.6 is 23.6 Å². The molecular weight excluding hydrogens is 332 g/mol. The van der Waals surface area contributed by atoms with Crippen LogP contribution in [-0.2, 0) is 6.42 Å². The van der Waals surface area contributed by atoms with E-state index in [1.54, 1.807) is 18.3 Å². The van der Waals surface area contributed by atoms with Gasteiger partial charge in [0.1, 0.15) is 4.83 Å². The van der Waals surface area contributed by atoms with Gasteiger partial charge < -0.3 is 4.98 Å². The Morgan fingerprint density at radius 3 is 2.96 bits per heavy atom. The molecule has 8 heteroatoms. The van der Waals surface area contributed by atoms with Crippen LogP contribution in [0.3, 0.4) is 0 Å². The smallest absolute Gasteiger partial charge is 0.282 e. The van der Waals surface area contributed by atoms with Gasteiger partial charge in [-0.05, 0) is 43.3 Å². The molecule has 0 saturated carbocycles. The van der Waals surface area contributed by atoms with Gasteiger partial charge in [-0.25, -0.2) is 0 Å². The van der Waals surface area contributed by atoms with Crippen LogP contribution < -0.4 is 11.0 Å². The number of rotatable bonds is 3. The number of hydrogen-bond acceptors (Lipinski definition) is 5. The Morgan fingerprint density at radius 1 is 1.52 bits per heavy atom. The van der Waals surface area contributed by atoms with Crippen LogP contribution in [-0.4, -0.2) is 20.6 Å². The van der Waals surface area contributed by atoms with Crippen LogP contribution in [0, 0.1) is 11.7 Å². The molecule has 0 atom stereocenters. The summed E-state index contributed by atoms with van der Waals surface area (Å²) in [6, 6.07) is 3.27. The lowest BCUT2D eigenvalue weighted by molar-refractivity contribution is 0.101. The molecule has 0 aliphatic carbocycles. The van der Waals surface area contributed by atoms with E-state index in [1.165, 1.54) is 17.5 Å². The Hall–Kier alpha value is -2.32. The number of thiophene rings is 1. The summed E-state index contributed by atoms with van der Waals surface area (Å²) in [5.74, 6) is -0.441. The minimum Gasteiger partial charge on any atom is -0.322 e. The van der Waals surface area contributed by atoms with E-state index in [-0.39, 0.29) is 10.3 Å². The summed E-state index contributed by atoms with van der Waals surface area (Å²) in [5.41, 5.74) is 3.55. The van der Waals surface area contributed by atoms with Crippen molar-refractivity contribution in [3.63, 3.8) is 0 Å². The average molecular weight is 346 g/mol. The van der Waals surface area contributed by atoms with Gasteiger partial charge in [0.05, 0.1) is 10.9 Å². The number of aromatic amines is 1. The molecule has 1 amide bonds. The number of carbonyl (C=O) groups is 1. The summed E-state index contributed by atoms with van der Waals surface area (Å²) in [6.07, 6.45) is 3.74. The second-order valence-electron chi connectivity index (χ2n) is 4.95. The van der Waals surface area contributed by atoms with Crippen molar-refractivity contribution in [2.45, 2.75) is 20.3 Å². The van der Waals surface area contributed by atoms with Gasteiger partial charge in [0.25, 0.3) is 11.5 Å². The highest BCUT2D eigenvalue weighted by atomic mass is 32.1. The number of aryl methyl sites for hydroxylation is 2. The lowest BCUT2D eigenvalue weighted by Gasteiger charge is -2.08. The largest absolute Gasteiger partial charge is 0.322 e. The first kappa shape index (κ1) is 15.6. The highest BCUT2D eigenvalue weighted by Gasteiger charge is 2.16. The number of amides is 1. The SMILES string of the molecule is CCc1c(C)sc2[nH]c(=S)n(NC(=O)c3cccnc3)c(=O)c12. The van der Waals surface area contributed by atoms with E-state index in [0.29, 0.717) is 10.9 Å². The number of pyridine rings is 1. The molecule has 0 radical (unpaired) electrons. The molecule has 0 fully saturated rings. The molecule has 23 heavy (non-hydrogen) atoms. The zero-order chi connectivity index (χ0) is 16.6. The molecule has 0 bridgehead atoms. The maximum atomic E-state index is 12.8. The van der Waals surface area contributed by atoms with Crippen LogP contribution in [0.15, 0.2) is 29.3 Å². The molecule has 0 aromatic carbocycles. The standard InChI is InChI=1S/C15H14N4O2S2/c1-3-10-8(2)23-13-11(10)14(21)19(15(22)17-13)18-12(20)9-5-4-6-16-7-9/h4-7H,3H2,1-2H3,(H,17,22)(H,18,20). The van der Waals surface area contributed by atoms with E-state index >= 15 is 0 Å². The molecule has 0 aliphatic heterocycles. The molecule has 6 nitrogen and oxygen atoms in total. The molecule has 0 unspecified atom stereocenters. The van der Waals surface area contributed by atoms with Gasteiger partial charge in [0.2, 0.25) is 4.77 Å². The first-order valence-corrected chi connectivity index (χ1v) is 8.24. The number of nitrogens with one attached hydrogen (secondary N) is 2. The third kappa shape index (κ3) is 2.71.